The fraction of sp³-hybridized carbons (Fsp3) is 0.250. The molecule has 0 aromatic heterocycles. The number of alkyl halides is 2. The Bertz CT molecular complexity index is 1060. The van der Waals surface area contributed by atoms with Crippen molar-refractivity contribution in [2.75, 3.05) is 13.7 Å². The molecule has 0 saturated carbocycles. The standard InChI is InChI=1S/C20H17BrFN3O9/c1-32-23-10-17(22)18(34-20(27)13-4-8-15(9-5-13)25(30)31)16(21)11-33-19(26)12-2-6-14(7-3-12)24(28)29/h2-10,16-18H,11H2,1H3/b23-10-/t16-,17+,18+/m0/s1. The second-order valence-electron chi connectivity index (χ2n) is 6.47. The van der Waals surface area contributed by atoms with E-state index in [1.807, 2.05) is 0 Å². The summed E-state index contributed by atoms with van der Waals surface area (Å²) in [6, 6.07) is 9.09. The number of non-ortho nitro benzene ring substituents is 2. The van der Waals surface area contributed by atoms with E-state index in [-0.39, 0.29) is 22.5 Å². The zero-order valence-corrected chi connectivity index (χ0v) is 19.0. The molecular formula is C20H17BrFN3O9. The van der Waals surface area contributed by atoms with Crippen LogP contribution in [0.2, 0.25) is 0 Å². The smallest absolute Gasteiger partial charge is 0.338 e. The lowest BCUT2D eigenvalue weighted by molar-refractivity contribution is -0.385. The average molecular weight is 542 g/mol. The van der Waals surface area contributed by atoms with E-state index in [9.17, 15) is 34.2 Å². The number of esters is 2. The number of benzene rings is 2. The van der Waals surface area contributed by atoms with Gasteiger partial charge in [-0.2, -0.15) is 0 Å². The minimum atomic E-state index is -1.98. The topological polar surface area (TPSA) is 160 Å². The number of nitro benzene ring substituents is 2. The predicted octanol–water partition coefficient (Wildman–Crippen LogP) is 3.62. The fourth-order valence-electron chi connectivity index (χ4n) is 2.51. The monoisotopic (exact) mass is 541 g/mol. The highest BCUT2D eigenvalue weighted by atomic mass is 79.9. The van der Waals surface area contributed by atoms with Crippen molar-refractivity contribution in [2.24, 2.45) is 5.16 Å². The molecule has 0 heterocycles. The summed E-state index contributed by atoms with van der Waals surface area (Å²) in [5.74, 6) is -1.83. The van der Waals surface area contributed by atoms with Gasteiger partial charge in [-0.05, 0) is 24.3 Å². The van der Waals surface area contributed by atoms with E-state index in [2.05, 4.69) is 25.9 Å². The van der Waals surface area contributed by atoms with Crippen molar-refractivity contribution in [1.29, 1.82) is 0 Å². The van der Waals surface area contributed by atoms with Gasteiger partial charge in [0.2, 0.25) is 0 Å². The van der Waals surface area contributed by atoms with E-state index in [0.29, 0.717) is 0 Å². The van der Waals surface area contributed by atoms with Crippen LogP contribution in [-0.2, 0) is 14.3 Å². The first-order chi connectivity index (χ1) is 16.1. The molecule has 2 aromatic carbocycles. The number of carbonyl (C=O) groups excluding carboxylic acids is 2. The Balaban J connectivity index is 2.10. The van der Waals surface area contributed by atoms with Crippen molar-refractivity contribution in [3.8, 4) is 0 Å². The molecule has 3 atom stereocenters. The summed E-state index contributed by atoms with van der Waals surface area (Å²) in [4.78, 5) is 48.2. The number of rotatable bonds is 11. The quantitative estimate of drug-likeness (QED) is 0.136. The first-order valence-corrected chi connectivity index (χ1v) is 10.3. The van der Waals surface area contributed by atoms with E-state index >= 15 is 0 Å². The van der Waals surface area contributed by atoms with Crippen LogP contribution in [0.25, 0.3) is 0 Å². The Kier molecular flexibility index (Phi) is 9.55. The first-order valence-electron chi connectivity index (χ1n) is 9.35. The van der Waals surface area contributed by atoms with Gasteiger partial charge in [-0.3, -0.25) is 20.2 Å². The number of hydrogen-bond acceptors (Lipinski definition) is 10. The van der Waals surface area contributed by atoms with E-state index < -0.39 is 45.5 Å². The molecule has 0 saturated heterocycles. The molecule has 2 aromatic rings. The summed E-state index contributed by atoms with van der Waals surface area (Å²) in [6.45, 7) is -0.449. The summed E-state index contributed by atoms with van der Waals surface area (Å²) >= 11 is 3.12. The lowest BCUT2D eigenvalue weighted by atomic mass is 10.1. The number of oxime groups is 1. The molecule has 0 amide bonds. The molecule has 0 aliphatic heterocycles. The second-order valence-corrected chi connectivity index (χ2v) is 7.65. The van der Waals surface area contributed by atoms with Gasteiger partial charge in [0.05, 0.1) is 32.0 Å². The molecule has 14 heteroatoms. The highest BCUT2D eigenvalue weighted by Gasteiger charge is 2.33. The average Bonchev–Trinajstić information content (AvgIpc) is 2.83. The lowest BCUT2D eigenvalue weighted by Gasteiger charge is -2.24. The highest BCUT2D eigenvalue weighted by Crippen LogP contribution is 2.20. The minimum absolute atomic E-state index is 0.0162. The highest BCUT2D eigenvalue weighted by molar-refractivity contribution is 9.09. The van der Waals surface area contributed by atoms with Crippen LogP contribution >= 0.6 is 15.9 Å². The molecule has 0 bridgehead atoms. The van der Waals surface area contributed by atoms with Crippen LogP contribution < -0.4 is 0 Å². The predicted molar refractivity (Wildman–Crippen MR) is 119 cm³/mol. The van der Waals surface area contributed by atoms with E-state index in [4.69, 9.17) is 9.47 Å². The van der Waals surface area contributed by atoms with Gasteiger partial charge >= 0.3 is 11.9 Å². The van der Waals surface area contributed by atoms with Gasteiger partial charge in [0, 0.05) is 24.3 Å². The molecule has 0 radical (unpaired) electrons. The number of hydrogen-bond donors (Lipinski definition) is 0. The van der Waals surface area contributed by atoms with Crippen molar-refractivity contribution in [1.82, 2.24) is 0 Å². The summed E-state index contributed by atoms with van der Waals surface area (Å²) in [5.41, 5.74) is -0.525. The van der Waals surface area contributed by atoms with Crippen molar-refractivity contribution in [2.45, 2.75) is 17.1 Å². The summed E-state index contributed by atoms with van der Waals surface area (Å²) < 4.78 is 25.0. The van der Waals surface area contributed by atoms with Crippen molar-refractivity contribution in [3.63, 3.8) is 0 Å². The third-order valence-corrected chi connectivity index (χ3v) is 5.01. The normalized spacial score (nSPS) is 13.5. The van der Waals surface area contributed by atoms with Crippen molar-refractivity contribution < 1.29 is 38.1 Å². The van der Waals surface area contributed by atoms with E-state index in [0.717, 1.165) is 42.6 Å². The fourth-order valence-corrected chi connectivity index (χ4v) is 3.04. The number of halogens is 2. The maximum absolute atomic E-state index is 14.7. The molecule has 2 rings (SSSR count). The molecule has 0 unspecified atom stereocenters. The second kappa shape index (κ2) is 12.3. The van der Waals surface area contributed by atoms with E-state index in [1.54, 1.807) is 0 Å². The summed E-state index contributed by atoms with van der Waals surface area (Å²) in [6.07, 6.45) is -2.78. The largest absolute Gasteiger partial charge is 0.461 e. The Morgan fingerprint density at radius 1 is 1.00 bits per heavy atom. The number of ether oxygens (including phenoxy) is 2. The molecule has 0 aliphatic carbocycles. The van der Waals surface area contributed by atoms with Crippen LogP contribution in [0.3, 0.4) is 0 Å². The van der Waals surface area contributed by atoms with Gasteiger partial charge < -0.3 is 14.3 Å². The molecule has 34 heavy (non-hydrogen) atoms. The Labute approximate surface area is 199 Å². The third-order valence-electron chi connectivity index (χ3n) is 4.22. The third kappa shape index (κ3) is 7.30. The van der Waals surface area contributed by atoms with Gasteiger partial charge in [-0.25, -0.2) is 14.0 Å². The summed E-state index contributed by atoms with van der Waals surface area (Å²) in [5, 5.41) is 24.8. The van der Waals surface area contributed by atoms with Gasteiger partial charge in [0.15, 0.2) is 12.3 Å². The Morgan fingerprint density at radius 3 is 1.91 bits per heavy atom. The van der Waals surface area contributed by atoms with E-state index in [1.165, 1.54) is 19.2 Å². The maximum atomic E-state index is 14.7. The number of nitro groups is 2. The molecule has 0 N–H and O–H groups in total. The molecule has 0 spiro atoms. The molecule has 12 nitrogen and oxygen atoms in total. The van der Waals surface area contributed by atoms with Gasteiger partial charge in [0.25, 0.3) is 11.4 Å². The SMILES string of the molecule is CO/N=C\[C@@H](F)[C@H](OC(=O)c1ccc([N+](=O)[O-])cc1)[C@@H](Br)COC(=O)c1ccc([N+](=O)[O-])cc1. The molecular weight excluding hydrogens is 525 g/mol. The van der Waals surface area contributed by atoms with Crippen LogP contribution in [0.1, 0.15) is 20.7 Å². The first kappa shape index (κ1) is 26.3. The number of nitrogens with zero attached hydrogens (tertiary/aromatic N) is 3. The van der Waals surface area contributed by atoms with Crippen LogP contribution in [0.4, 0.5) is 15.8 Å². The zero-order chi connectivity index (χ0) is 25.3. The van der Waals surface area contributed by atoms with Gasteiger partial charge in [-0.15, -0.1) is 0 Å². The van der Waals surface area contributed by atoms with Crippen molar-refractivity contribution in [3.05, 3.63) is 79.9 Å². The van der Waals surface area contributed by atoms with Crippen LogP contribution in [-0.4, -0.2) is 58.8 Å². The molecule has 180 valence electrons. The van der Waals surface area contributed by atoms with Crippen LogP contribution in [0.5, 0.6) is 0 Å². The maximum Gasteiger partial charge on any atom is 0.338 e. The minimum Gasteiger partial charge on any atom is -0.461 e. The Morgan fingerprint density at radius 2 is 1.47 bits per heavy atom. The summed E-state index contributed by atoms with van der Waals surface area (Å²) in [7, 11) is 1.18. The van der Waals surface area contributed by atoms with Crippen LogP contribution in [0.15, 0.2) is 53.7 Å². The molecule has 0 fully saturated rings. The zero-order valence-electron chi connectivity index (χ0n) is 17.4. The number of carbonyl (C=O) groups is 2. The lowest BCUT2D eigenvalue weighted by Crippen LogP contribution is -2.39. The Hall–Kier alpha value is -3.94. The molecule has 0 aliphatic rings. The van der Waals surface area contributed by atoms with Crippen LogP contribution in [0, 0.1) is 20.2 Å². The van der Waals surface area contributed by atoms with Gasteiger partial charge in [-0.1, -0.05) is 21.1 Å². The van der Waals surface area contributed by atoms with Gasteiger partial charge in [0.1, 0.15) is 13.7 Å². The van der Waals surface area contributed by atoms with Crippen molar-refractivity contribution >= 4 is 45.5 Å².